The third kappa shape index (κ3) is 13.1. The molecule has 1 heterocycles. The number of ether oxygens (including phenoxy) is 1. The number of nitrogens with one attached hydrogen (secondary N) is 4. The lowest BCUT2D eigenvalue weighted by atomic mass is 9.95. The molecule has 36 heavy (non-hydrogen) atoms. The van der Waals surface area contributed by atoms with Crippen LogP contribution in [-0.4, -0.2) is 72.0 Å². The van der Waals surface area contributed by atoms with Crippen molar-refractivity contribution in [2.24, 2.45) is 11.8 Å². The van der Waals surface area contributed by atoms with Crippen LogP contribution in [0.1, 0.15) is 50.7 Å². The minimum atomic E-state index is -1.14. The second kappa shape index (κ2) is 16.6. The Morgan fingerprint density at radius 2 is 1.83 bits per heavy atom. The fourth-order valence-electron chi connectivity index (χ4n) is 3.01. The second-order valence-electron chi connectivity index (χ2n) is 8.88. The van der Waals surface area contributed by atoms with Crippen molar-refractivity contribution in [1.82, 2.24) is 26.3 Å². The first-order valence-electron chi connectivity index (χ1n) is 11.8. The van der Waals surface area contributed by atoms with E-state index in [-0.39, 0.29) is 50.6 Å². The monoisotopic (exact) mass is 527 g/mol. The number of Topliss-reactive ketones (excluding diaryl/α,β-unsaturated/α-hetero) is 1. The van der Waals surface area contributed by atoms with Gasteiger partial charge in [-0.1, -0.05) is 20.8 Å². The third-order valence-electron chi connectivity index (χ3n) is 5.00. The molecule has 0 saturated heterocycles. The van der Waals surface area contributed by atoms with E-state index in [1.807, 2.05) is 26.2 Å². The summed E-state index contributed by atoms with van der Waals surface area (Å²) in [7, 11) is 0. The smallest absolute Gasteiger partial charge is 0.408 e. The van der Waals surface area contributed by atoms with Crippen molar-refractivity contribution < 1.29 is 33.8 Å². The number of carbonyl (C=O) groups excluding carboxylic acids is 5. The van der Waals surface area contributed by atoms with Gasteiger partial charge in [-0.25, -0.2) is 9.78 Å². The third-order valence-corrected chi connectivity index (χ3v) is 5.94. The first kappa shape index (κ1) is 31.0. The Morgan fingerprint density at radius 1 is 1.11 bits per heavy atom. The van der Waals surface area contributed by atoms with Gasteiger partial charge in [0.1, 0.15) is 23.4 Å². The molecule has 12 nitrogen and oxygen atoms in total. The Morgan fingerprint density at radius 3 is 2.44 bits per heavy atom. The summed E-state index contributed by atoms with van der Waals surface area (Å²) in [4.78, 5) is 63.5. The number of rotatable bonds is 17. The number of carbonyl (C=O) groups is 5. The number of aryl methyl sites for hydroxylation is 1. The van der Waals surface area contributed by atoms with E-state index in [0.29, 0.717) is 23.9 Å². The van der Waals surface area contributed by atoms with Gasteiger partial charge in [0.2, 0.25) is 18.2 Å². The van der Waals surface area contributed by atoms with Crippen LogP contribution in [0.5, 0.6) is 0 Å². The summed E-state index contributed by atoms with van der Waals surface area (Å²) in [6, 6.07) is -1.14. The standard InChI is InChI=1S/C23H37N5O7S/c1-14(2)8-25-20(32)6-5-19(31)15(3)7-17(30)9-26-22(33)18(10-24-13-29)28-23(34)35-11-21-27-16(4)12-36-21/h12-15,17-18,30H,5-11H2,1-4H3,(H,24,29)(H,25,32)(H,26,33)(H,28,34). The van der Waals surface area contributed by atoms with Crippen molar-refractivity contribution in [2.45, 2.75) is 65.7 Å². The predicted molar refractivity (Wildman–Crippen MR) is 133 cm³/mol. The average molecular weight is 528 g/mol. The zero-order valence-corrected chi connectivity index (χ0v) is 22.0. The summed E-state index contributed by atoms with van der Waals surface area (Å²) in [6.45, 7) is 7.53. The number of thiazole rings is 1. The van der Waals surface area contributed by atoms with Gasteiger partial charge in [-0.3, -0.25) is 19.2 Å². The Labute approximate surface area is 215 Å². The van der Waals surface area contributed by atoms with Gasteiger partial charge in [-0.05, 0) is 19.3 Å². The van der Waals surface area contributed by atoms with E-state index in [0.717, 1.165) is 5.69 Å². The number of aromatic nitrogens is 1. The van der Waals surface area contributed by atoms with Crippen molar-refractivity contribution in [3.63, 3.8) is 0 Å². The van der Waals surface area contributed by atoms with Gasteiger partial charge in [0, 0.05) is 49.5 Å². The highest BCUT2D eigenvalue weighted by Crippen LogP contribution is 2.11. The van der Waals surface area contributed by atoms with Crippen LogP contribution >= 0.6 is 11.3 Å². The normalized spacial score (nSPS) is 13.3. The van der Waals surface area contributed by atoms with E-state index in [9.17, 15) is 29.1 Å². The van der Waals surface area contributed by atoms with Gasteiger partial charge in [-0.2, -0.15) is 0 Å². The molecule has 0 bridgehead atoms. The Hall–Kier alpha value is -3.06. The van der Waals surface area contributed by atoms with Gasteiger partial charge < -0.3 is 31.1 Å². The molecule has 0 aliphatic carbocycles. The second-order valence-corrected chi connectivity index (χ2v) is 9.82. The van der Waals surface area contributed by atoms with E-state index >= 15 is 0 Å². The quantitative estimate of drug-likeness (QED) is 0.181. The fraction of sp³-hybridized carbons (Fsp3) is 0.652. The fourth-order valence-corrected chi connectivity index (χ4v) is 3.69. The number of nitrogens with zero attached hydrogens (tertiary/aromatic N) is 1. The Bertz CT molecular complexity index is 877. The summed E-state index contributed by atoms with van der Waals surface area (Å²) in [5.41, 5.74) is 0.799. The molecule has 0 aliphatic rings. The summed E-state index contributed by atoms with van der Waals surface area (Å²) in [5, 5.41) is 22.6. The number of alkyl carbamates (subject to hydrolysis) is 1. The molecule has 1 aromatic heterocycles. The molecule has 0 radical (unpaired) electrons. The van der Waals surface area contributed by atoms with Crippen molar-refractivity contribution in [3.05, 3.63) is 16.1 Å². The first-order valence-corrected chi connectivity index (χ1v) is 12.7. The van der Waals surface area contributed by atoms with Crippen molar-refractivity contribution >= 4 is 41.4 Å². The maximum absolute atomic E-state index is 12.5. The molecular weight excluding hydrogens is 490 g/mol. The van der Waals surface area contributed by atoms with Gasteiger partial charge in [0.05, 0.1) is 6.10 Å². The molecule has 3 atom stereocenters. The van der Waals surface area contributed by atoms with Crippen molar-refractivity contribution in [2.75, 3.05) is 19.6 Å². The molecule has 202 valence electrons. The topological polar surface area (TPSA) is 176 Å². The lowest BCUT2D eigenvalue weighted by Crippen LogP contribution is -2.52. The van der Waals surface area contributed by atoms with Crippen LogP contribution in [0.15, 0.2) is 5.38 Å². The lowest BCUT2D eigenvalue weighted by molar-refractivity contribution is -0.127. The highest BCUT2D eigenvalue weighted by atomic mass is 32.1. The van der Waals surface area contributed by atoms with Crippen molar-refractivity contribution in [1.29, 1.82) is 0 Å². The van der Waals surface area contributed by atoms with Crippen LogP contribution in [0.3, 0.4) is 0 Å². The van der Waals surface area contributed by atoms with Crippen molar-refractivity contribution in [3.8, 4) is 0 Å². The molecule has 0 aliphatic heterocycles. The molecule has 3 unspecified atom stereocenters. The number of hydrogen-bond acceptors (Lipinski definition) is 9. The molecular formula is C23H37N5O7S. The number of aliphatic hydroxyl groups excluding tert-OH is 1. The van der Waals surface area contributed by atoms with Gasteiger partial charge in [0.25, 0.3) is 0 Å². The summed E-state index contributed by atoms with van der Waals surface area (Å²) in [6.07, 6.45) is -1.27. The molecule has 0 saturated carbocycles. The average Bonchev–Trinajstić information content (AvgIpc) is 3.25. The number of amides is 4. The maximum Gasteiger partial charge on any atom is 0.408 e. The van der Waals surface area contributed by atoms with Crippen LogP contribution in [0.2, 0.25) is 0 Å². The SMILES string of the molecule is Cc1csc(COC(=O)NC(CNC=O)C(=O)NCC(O)CC(C)C(=O)CCC(=O)NCC(C)C)n1. The zero-order chi connectivity index (χ0) is 27.1. The number of ketones is 1. The van der Waals surface area contributed by atoms with E-state index in [1.165, 1.54) is 11.3 Å². The van der Waals surface area contributed by atoms with Gasteiger partial charge >= 0.3 is 6.09 Å². The molecule has 13 heteroatoms. The lowest BCUT2D eigenvalue weighted by Gasteiger charge is -2.20. The van der Waals surface area contributed by atoms with Crippen LogP contribution in [0, 0.1) is 18.8 Å². The van der Waals surface area contributed by atoms with Gasteiger partial charge in [-0.15, -0.1) is 11.3 Å². The highest BCUT2D eigenvalue weighted by Gasteiger charge is 2.23. The maximum atomic E-state index is 12.5. The summed E-state index contributed by atoms with van der Waals surface area (Å²) >= 11 is 1.33. The Kier molecular flexibility index (Phi) is 14.3. The van der Waals surface area contributed by atoms with Crippen LogP contribution < -0.4 is 21.3 Å². The van der Waals surface area contributed by atoms with Gasteiger partial charge in [0.15, 0.2) is 0 Å². The van der Waals surface area contributed by atoms with Crippen LogP contribution in [0.4, 0.5) is 4.79 Å². The highest BCUT2D eigenvalue weighted by molar-refractivity contribution is 7.09. The number of aliphatic hydroxyl groups is 1. The summed E-state index contributed by atoms with van der Waals surface area (Å²) < 4.78 is 5.06. The molecule has 0 fully saturated rings. The molecule has 1 rings (SSSR count). The van der Waals surface area contributed by atoms with Crippen LogP contribution in [-0.2, 0) is 30.5 Å². The van der Waals surface area contributed by atoms with Crippen LogP contribution in [0.25, 0.3) is 0 Å². The minimum Gasteiger partial charge on any atom is -0.442 e. The first-order chi connectivity index (χ1) is 17.0. The summed E-state index contributed by atoms with van der Waals surface area (Å²) in [5.74, 6) is -1.19. The molecule has 0 spiro atoms. The van der Waals surface area contributed by atoms with E-state index in [1.54, 1.807) is 6.92 Å². The Balaban J connectivity index is 2.44. The van der Waals surface area contributed by atoms with E-state index in [2.05, 4.69) is 26.3 Å². The zero-order valence-electron chi connectivity index (χ0n) is 21.2. The van der Waals surface area contributed by atoms with E-state index in [4.69, 9.17) is 4.74 Å². The molecule has 4 amide bonds. The molecule has 0 aromatic carbocycles. The number of hydrogen-bond donors (Lipinski definition) is 5. The van der Waals surface area contributed by atoms with E-state index < -0.39 is 30.1 Å². The largest absolute Gasteiger partial charge is 0.442 e. The predicted octanol–water partition coefficient (Wildman–Crippen LogP) is 0.417. The minimum absolute atomic E-state index is 0.0657. The molecule has 1 aromatic rings. The molecule has 5 N–H and O–H groups in total.